The predicted molar refractivity (Wildman–Crippen MR) is 394 cm³/mol. The standard InChI is InChI=1S/C26H19ClF4N4O3.C26H21F4N5O2.C25H21ClFN5O2/c27-21-3-1-15(9-20(21)26(29,30)31)25(36)33-17-10-16(28)11-19(12-17)38-18-2-4-22-23(13-18)34-24(14-32-22)35-5-7-37-8-6-35;27-18-11-19(33-25(36)16-2-1-3-17(10-16)26(28,29)30)13-21(12-18)37-20-4-5-22-23(14-20)34-24(15-32-22)35-8-6-31-7-9-35;26-17-3-1-2-16(10-17)25(33)30-19-11-18(27)12-21(13-19)34-20-4-5-22-23(14-20)31-24(15-29-22)32-8-6-28-7-9-32/h1-4,9-14H,5-8H2,(H,33,36);1-5,10-15,31H,6-9H2,(H,33,36);1-5,10-15,28H,6-9H2,(H,30,33). The number of ether oxygens (including phenoxy) is 4. The number of hydrogen-bond acceptors (Lipinski definition) is 18. The number of alkyl halides is 6. The van der Waals surface area contributed by atoms with Crippen LogP contribution in [-0.4, -0.2) is 126 Å². The van der Waals surface area contributed by atoms with E-state index in [0.29, 0.717) is 93.6 Å². The molecule has 21 nitrogen and oxygen atoms in total. The summed E-state index contributed by atoms with van der Waals surface area (Å²) >= 11 is 11.6. The average molecular weight is 1540 g/mol. The second-order valence-electron chi connectivity index (χ2n) is 24.7. The summed E-state index contributed by atoms with van der Waals surface area (Å²) in [7, 11) is 0. The maximum atomic E-state index is 14.3. The van der Waals surface area contributed by atoms with Crippen molar-refractivity contribution in [3.63, 3.8) is 0 Å². The van der Waals surface area contributed by atoms with Gasteiger partial charge in [-0.25, -0.2) is 28.1 Å². The lowest BCUT2D eigenvalue weighted by Gasteiger charge is -2.28. The fourth-order valence-electron chi connectivity index (χ4n) is 11.6. The molecular formula is C77H61Cl2F9N14O7. The molecule has 0 aliphatic carbocycles. The summed E-state index contributed by atoms with van der Waals surface area (Å²) in [5.41, 5.74) is 1.93. The smallest absolute Gasteiger partial charge is 0.417 e. The van der Waals surface area contributed by atoms with Gasteiger partial charge in [0, 0.05) is 159 Å². The molecule has 3 aliphatic heterocycles. The van der Waals surface area contributed by atoms with Gasteiger partial charge in [0.1, 0.15) is 69.4 Å². The number of nitrogens with one attached hydrogen (secondary N) is 5. The third kappa shape index (κ3) is 19.8. The highest BCUT2D eigenvalue weighted by Gasteiger charge is 2.34. The largest absolute Gasteiger partial charge is 0.457 e. The van der Waals surface area contributed by atoms with Gasteiger partial charge >= 0.3 is 12.4 Å². The van der Waals surface area contributed by atoms with E-state index in [0.717, 1.165) is 124 Å². The number of nitrogens with zero attached hydrogens (tertiary/aromatic N) is 9. The Morgan fingerprint density at radius 2 is 0.789 bits per heavy atom. The van der Waals surface area contributed by atoms with Gasteiger partial charge in [-0.2, -0.15) is 26.3 Å². The van der Waals surface area contributed by atoms with Crippen molar-refractivity contribution >= 4 is 109 Å². The van der Waals surface area contributed by atoms with E-state index in [1.807, 2.05) is 0 Å². The Labute approximate surface area is 625 Å². The van der Waals surface area contributed by atoms with Gasteiger partial charge in [-0.05, 0) is 109 Å². The first-order valence-corrected chi connectivity index (χ1v) is 34.4. The molecule has 0 unspecified atom stereocenters. The average Bonchev–Trinajstić information content (AvgIpc) is 0.825. The first-order chi connectivity index (χ1) is 52.4. The number of morpholine rings is 1. The highest BCUT2D eigenvalue weighted by atomic mass is 35.5. The zero-order valence-corrected chi connectivity index (χ0v) is 58.5. The molecule has 3 aromatic heterocycles. The number of carbonyl (C=O) groups excluding carboxylic acids is 3. The topological polar surface area (TPSA) is 235 Å². The third-order valence-electron chi connectivity index (χ3n) is 16.9. The maximum Gasteiger partial charge on any atom is 0.417 e. The van der Waals surface area contributed by atoms with Crippen LogP contribution in [0.3, 0.4) is 0 Å². The fourth-order valence-corrected chi connectivity index (χ4v) is 12.0. The number of aromatic nitrogens is 6. The summed E-state index contributed by atoms with van der Waals surface area (Å²) in [5.74, 6) is -0.202. The van der Waals surface area contributed by atoms with Crippen molar-refractivity contribution in [2.45, 2.75) is 12.4 Å². The van der Waals surface area contributed by atoms with Gasteiger partial charge in [-0.15, -0.1) is 0 Å². The fraction of sp³-hybridized carbons (Fsp3) is 0.182. The second kappa shape index (κ2) is 33.5. The number of rotatable bonds is 15. The van der Waals surface area contributed by atoms with Crippen molar-refractivity contribution in [2.24, 2.45) is 0 Å². The van der Waals surface area contributed by atoms with Crippen LogP contribution in [0.15, 0.2) is 195 Å². The van der Waals surface area contributed by atoms with Crippen LogP contribution in [0.4, 0.5) is 74.0 Å². The van der Waals surface area contributed by atoms with E-state index >= 15 is 0 Å². The first kappa shape index (κ1) is 75.3. The number of fused-ring (bicyclic) bond motifs is 3. The quantitative estimate of drug-likeness (QED) is 0.0600. The number of carbonyl (C=O) groups is 3. The molecule has 3 saturated heterocycles. The molecule has 6 heterocycles. The van der Waals surface area contributed by atoms with E-state index in [2.05, 4.69) is 66.2 Å². The van der Waals surface area contributed by atoms with E-state index in [4.69, 9.17) is 47.1 Å². The normalized spacial score (nSPS) is 13.9. The molecule has 5 N–H and O–H groups in total. The van der Waals surface area contributed by atoms with Crippen LogP contribution in [0.1, 0.15) is 42.2 Å². The Morgan fingerprint density at radius 1 is 0.404 bits per heavy atom. The van der Waals surface area contributed by atoms with Gasteiger partial charge in [0.25, 0.3) is 17.7 Å². The lowest BCUT2D eigenvalue weighted by Crippen LogP contribution is -2.43. The molecule has 3 aliphatic rings. The Balaban J connectivity index is 0.000000144. The van der Waals surface area contributed by atoms with E-state index in [-0.39, 0.29) is 45.4 Å². The molecule has 0 saturated carbocycles. The number of halogens is 11. The van der Waals surface area contributed by atoms with Crippen molar-refractivity contribution < 1.29 is 72.8 Å². The van der Waals surface area contributed by atoms with Crippen LogP contribution in [0.2, 0.25) is 10.0 Å². The Kier molecular flexibility index (Phi) is 23.1. The van der Waals surface area contributed by atoms with Gasteiger partial charge in [0.15, 0.2) is 0 Å². The van der Waals surface area contributed by atoms with Crippen LogP contribution < -0.4 is 55.5 Å². The molecule has 0 spiro atoms. The molecule has 15 rings (SSSR count). The second-order valence-corrected chi connectivity index (χ2v) is 25.5. The molecule has 0 bridgehead atoms. The summed E-state index contributed by atoms with van der Waals surface area (Å²) in [6.07, 6.45) is -4.14. The van der Waals surface area contributed by atoms with Gasteiger partial charge in [-0.1, -0.05) is 35.3 Å². The summed E-state index contributed by atoms with van der Waals surface area (Å²) < 4.78 is 144. The minimum Gasteiger partial charge on any atom is -0.457 e. The molecule has 3 amide bonds. The molecule has 9 aromatic carbocycles. The summed E-state index contributed by atoms with van der Waals surface area (Å²) in [5, 5.41) is 14.0. The lowest BCUT2D eigenvalue weighted by atomic mass is 10.1. The van der Waals surface area contributed by atoms with Crippen molar-refractivity contribution in [1.29, 1.82) is 0 Å². The Hall–Kier alpha value is -12.0. The van der Waals surface area contributed by atoms with E-state index in [1.165, 1.54) is 30.3 Å². The monoisotopic (exact) mass is 1530 g/mol. The number of anilines is 6. The minimum atomic E-state index is -4.74. The van der Waals surface area contributed by atoms with Crippen molar-refractivity contribution in [3.05, 3.63) is 250 Å². The summed E-state index contributed by atoms with van der Waals surface area (Å²) in [4.78, 5) is 71.4. The van der Waals surface area contributed by atoms with E-state index in [1.54, 1.807) is 104 Å². The number of hydrogen-bond donors (Lipinski definition) is 5. The highest BCUT2D eigenvalue weighted by molar-refractivity contribution is 6.31. The highest BCUT2D eigenvalue weighted by Crippen LogP contribution is 2.38. The predicted octanol–water partition coefficient (Wildman–Crippen LogP) is 16.4. The maximum absolute atomic E-state index is 14.3. The van der Waals surface area contributed by atoms with Crippen LogP contribution in [0.5, 0.6) is 34.5 Å². The molecule has 0 radical (unpaired) electrons. The summed E-state index contributed by atoms with van der Waals surface area (Å²) in [6, 6.07) is 39.7. The Morgan fingerprint density at radius 3 is 1.18 bits per heavy atom. The first-order valence-electron chi connectivity index (χ1n) is 33.7. The van der Waals surface area contributed by atoms with Gasteiger partial charge in [-0.3, -0.25) is 29.3 Å². The zero-order valence-electron chi connectivity index (χ0n) is 57.0. The van der Waals surface area contributed by atoms with Crippen LogP contribution in [0.25, 0.3) is 33.1 Å². The summed E-state index contributed by atoms with van der Waals surface area (Å²) in [6.45, 7) is 9.46. The Bertz CT molecular complexity index is 5370. The number of amides is 3. The van der Waals surface area contributed by atoms with Crippen molar-refractivity contribution in [2.75, 3.05) is 109 Å². The van der Waals surface area contributed by atoms with E-state index in [9.17, 15) is 53.9 Å². The van der Waals surface area contributed by atoms with Crippen LogP contribution in [0, 0.1) is 17.5 Å². The van der Waals surface area contributed by atoms with Gasteiger partial charge in [0.2, 0.25) is 0 Å². The minimum absolute atomic E-state index is 0.0105. The van der Waals surface area contributed by atoms with Gasteiger partial charge < -0.3 is 60.2 Å². The molecule has 0 atom stereocenters. The van der Waals surface area contributed by atoms with Crippen LogP contribution in [-0.2, 0) is 17.1 Å². The lowest BCUT2D eigenvalue weighted by molar-refractivity contribution is -0.138. The van der Waals surface area contributed by atoms with Crippen molar-refractivity contribution in [1.82, 2.24) is 40.5 Å². The number of piperazine rings is 2. The van der Waals surface area contributed by atoms with E-state index < -0.39 is 63.7 Å². The number of benzene rings is 9. The molecular weight excluding hydrogens is 1470 g/mol. The molecule has 558 valence electrons. The van der Waals surface area contributed by atoms with Crippen LogP contribution >= 0.6 is 23.2 Å². The van der Waals surface area contributed by atoms with Crippen molar-refractivity contribution in [3.8, 4) is 34.5 Å². The third-order valence-corrected chi connectivity index (χ3v) is 17.5. The molecule has 32 heteroatoms. The molecule has 3 fully saturated rings. The molecule has 109 heavy (non-hydrogen) atoms. The SMILES string of the molecule is O=C(Nc1cc(F)cc(Oc2ccc3ncc(N4CCNCC4)nc3c2)c1)c1cccc(C(F)(F)F)c1.O=C(Nc1cc(F)cc(Oc2ccc3ncc(N4CCNCC4)nc3c2)c1)c1cccc(Cl)c1.O=C(Nc1cc(F)cc(Oc2ccc3ncc(N4CCOCC4)nc3c2)c1)c1ccc(Cl)c(C(F)(F)F)c1. The van der Waals surface area contributed by atoms with Gasteiger partial charge in [0.05, 0.1) is 81.1 Å². The zero-order chi connectivity index (χ0) is 76.3. The molecule has 12 aromatic rings.